The molecule has 0 aromatic heterocycles. The van der Waals surface area contributed by atoms with Gasteiger partial charge < -0.3 is 0 Å². The van der Waals surface area contributed by atoms with Gasteiger partial charge in [-0.1, -0.05) is 0 Å². The molecule has 0 aliphatic rings. The molecule has 4 heteroatoms. The molecule has 0 amide bonds. The third kappa shape index (κ3) is 9.03. The average Bonchev–Trinajstić information content (AvgIpc) is 0. The van der Waals surface area contributed by atoms with Gasteiger partial charge in [-0.25, -0.2) is 0 Å². The van der Waals surface area contributed by atoms with E-state index in [1.807, 2.05) is 0 Å². The van der Waals surface area contributed by atoms with Crippen LogP contribution in [0.5, 0.6) is 0 Å². The van der Waals surface area contributed by atoms with Crippen molar-refractivity contribution < 1.29 is 17.1 Å². The van der Waals surface area contributed by atoms with Gasteiger partial charge in [-0.2, -0.15) is 0 Å². The van der Waals surface area contributed by atoms with Crippen LogP contribution in [0.4, 0.5) is 0 Å². The molecule has 0 aromatic carbocycles. The fraction of sp³-hybridized carbons (Fsp3) is 0. The van der Waals surface area contributed by atoms with Crippen LogP contribution < -0.4 is 0 Å². The molecule has 0 saturated carbocycles. The van der Waals surface area contributed by atoms with Crippen molar-refractivity contribution in [3.8, 4) is 0 Å². The zero-order chi connectivity index (χ0) is 0. The van der Waals surface area contributed by atoms with E-state index >= 15 is 0 Å². The Balaban J connectivity index is 0. The molecule has 0 heterocycles. The van der Waals surface area contributed by atoms with Gasteiger partial charge in [-0.05, 0) is 0 Å². The van der Waals surface area contributed by atoms with Crippen LogP contribution in [-0.2, 0) is 17.1 Å². The predicted octanol–water partition coefficient (Wildman–Crippen LogP) is 1.73. The van der Waals surface area contributed by atoms with Crippen LogP contribution in [0.25, 0.3) is 0 Å². The monoisotopic (exact) mass is 295 g/mol. The topological polar surface area (TPSA) is 0 Å². The quantitative estimate of drug-likeness (QED) is 0.598. The van der Waals surface area contributed by atoms with E-state index in [9.17, 15) is 0 Å². The van der Waals surface area contributed by atoms with E-state index in [1.165, 1.54) is 0 Å². The zero-order valence-corrected chi connectivity index (χ0v) is 7.92. The van der Waals surface area contributed by atoms with E-state index in [1.54, 1.807) is 0 Å². The molecule has 0 aliphatic heterocycles. The van der Waals surface area contributed by atoms with Crippen LogP contribution in [-0.4, -0.2) is 0 Å². The first kappa shape index (κ1) is 38.2. The van der Waals surface area contributed by atoms with Crippen LogP contribution in [0, 0.1) is 0 Å². The summed E-state index contributed by atoms with van der Waals surface area (Å²) in [7, 11) is 0. The Morgan fingerprint density at radius 2 is 0.500 bits per heavy atom. The van der Waals surface area contributed by atoms with Crippen molar-refractivity contribution in [2.75, 3.05) is 0 Å². The van der Waals surface area contributed by atoms with Gasteiger partial charge >= 0.3 is 0 Å². The fourth-order valence-electron chi connectivity index (χ4n) is 0. The van der Waals surface area contributed by atoms with E-state index < -0.39 is 0 Å². The number of rotatable bonds is 0. The van der Waals surface area contributed by atoms with Gasteiger partial charge in [-0.3, -0.25) is 0 Å². The van der Waals surface area contributed by atoms with Crippen LogP contribution in [0.1, 0.15) is 0 Å². The molecule has 31 valence electrons. The van der Waals surface area contributed by atoms with E-state index in [0.29, 0.717) is 0 Å². The number of halogens is 3. The van der Waals surface area contributed by atoms with Gasteiger partial charge in [0.05, 0.1) is 0 Å². The number of hydrogen-bond donors (Lipinski definition) is 0. The first-order chi connectivity index (χ1) is 0. The molecule has 0 N–H and O–H groups in total. The molecule has 4 heavy (non-hydrogen) atoms. The smallest absolute Gasteiger partial charge is 0 e. The van der Waals surface area contributed by atoms with Gasteiger partial charge in [0.2, 0.25) is 0 Å². The second kappa shape index (κ2) is 20.3. The molecule has 0 saturated heterocycles. The Bertz CT molecular complexity index is 3.25. The average molecular weight is 298 g/mol. The summed E-state index contributed by atoms with van der Waals surface area (Å²) in [4.78, 5) is 0. The summed E-state index contributed by atoms with van der Waals surface area (Å²) in [5, 5.41) is 0. The normalized spacial score (nSPS) is 0. The summed E-state index contributed by atoms with van der Waals surface area (Å²) in [6.07, 6.45) is 0. The summed E-state index contributed by atoms with van der Waals surface area (Å²) in [5.41, 5.74) is 0. The molecule has 1 radical (unpaired) electrons. The van der Waals surface area contributed by atoms with Crippen molar-refractivity contribution in [2.24, 2.45) is 0 Å². The summed E-state index contributed by atoms with van der Waals surface area (Å²) in [6.45, 7) is 0. The zero-order valence-electron chi connectivity index (χ0n) is 1.60. The van der Waals surface area contributed by atoms with Crippen molar-refractivity contribution >= 4 is 50.9 Å². The number of hydrogen-bond acceptors (Lipinski definition) is 0. The minimum Gasteiger partial charge on any atom is -0.114 e. The minimum absolute atomic E-state index is 0. The standard InChI is InChI=1S/3BrH.Mn/h3*1H;. The SMILES string of the molecule is Br.Br.Br.[Mn]. The Morgan fingerprint density at radius 1 is 0.500 bits per heavy atom. The summed E-state index contributed by atoms with van der Waals surface area (Å²) in [6, 6.07) is 0. The third-order valence-corrected chi connectivity index (χ3v) is 0. The predicted molar refractivity (Wildman–Crippen MR) is 31.0 cm³/mol. The maximum absolute atomic E-state index is 0. The van der Waals surface area contributed by atoms with Gasteiger partial charge in [0.25, 0.3) is 0 Å². The van der Waals surface area contributed by atoms with Crippen molar-refractivity contribution in [2.45, 2.75) is 0 Å². The molecule has 0 bridgehead atoms. The maximum Gasteiger partial charge on any atom is 0 e. The molecule has 0 aliphatic carbocycles. The summed E-state index contributed by atoms with van der Waals surface area (Å²) in [5.74, 6) is 0. The van der Waals surface area contributed by atoms with Crippen molar-refractivity contribution in [1.29, 1.82) is 0 Å². The van der Waals surface area contributed by atoms with E-state index in [4.69, 9.17) is 0 Å². The first-order valence-corrected chi connectivity index (χ1v) is 0. The molecule has 0 spiro atoms. The van der Waals surface area contributed by atoms with Crippen LogP contribution in [0.2, 0.25) is 0 Å². The van der Waals surface area contributed by atoms with Crippen molar-refractivity contribution in [3.63, 3.8) is 0 Å². The molecule has 0 nitrogen and oxygen atoms in total. The second-order valence-corrected chi connectivity index (χ2v) is 0. The van der Waals surface area contributed by atoms with Gasteiger partial charge in [-0.15, -0.1) is 50.9 Å². The Labute approximate surface area is 67.5 Å². The Kier molecular flexibility index (Phi) is 193. The van der Waals surface area contributed by atoms with Crippen LogP contribution in [0.3, 0.4) is 0 Å². The van der Waals surface area contributed by atoms with E-state index in [-0.39, 0.29) is 68.0 Å². The molecule has 0 unspecified atom stereocenters. The molecule has 0 fully saturated rings. The maximum atomic E-state index is 0. The first-order valence-electron chi connectivity index (χ1n) is 0. The van der Waals surface area contributed by atoms with E-state index in [0.717, 1.165) is 0 Å². The second-order valence-electron chi connectivity index (χ2n) is 0. The molecule has 0 atom stereocenters. The van der Waals surface area contributed by atoms with Gasteiger partial charge in [0.1, 0.15) is 0 Å². The van der Waals surface area contributed by atoms with Crippen LogP contribution in [0.15, 0.2) is 0 Å². The summed E-state index contributed by atoms with van der Waals surface area (Å²) < 4.78 is 0. The Morgan fingerprint density at radius 3 is 0.500 bits per heavy atom. The van der Waals surface area contributed by atoms with Crippen molar-refractivity contribution in [3.05, 3.63) is 0 Å². The Hall–Kier alpha value is 1.96. The summed E-state index contributed by atoms with van der Waals surface area (Å²) >= 11 is 0. The van der Waals surface area contributed by atoms with Gasteiger partial charge in [0.15, 0.2) is 0 Å². The molecule has 0 rings (SSSR count). The third-order valence-electron chi connectivity index (χ3n) is 0. The van der Waals surface area contributed by atoms with E-state index in [2.05, 4.69) is 0 Å². The van der Waals surface area contributed by atoms with Crippen LogP contribution >= 0.6 is 50.9 Å². The largest absolute Gasteiger partial charge is 0.114 e. The molecular weight excluding hydrogens is 295 g/mol. The van der Waals surface area contributed by atoms with Crippen molar-refractivity contribution in [1.82, 2.24) is 0 Å². The fourth-order valence-corrected chi connectivity index (χ4v) is 0. The van der Waals surface area contributed by atoms with Gasteiger partial charge in [0, 0.05) is 17.1 Å². The molecule has 0 aromatic rings. The molecular formula is H3Br3Mn. The minimum atomic E-state index is 0.